The third kappa shape index (κ3) is 6.81. The molecule has 1 N–H and O–H groups in total. The van der Waals surface area contributed by atoms with Crippen molar-refractivity contribution in [2.24, 2.45) is 11.8 Å². The van der Waals surface area contributed by atoms with Crippen LogP contribution >= 0.6 is 11.6 Å². The normalized spacial score (nSPS) is 21.6. The lowest BCUT2D eigenvalue weighted by molar-refractivity contribution is -0.138. The van der Waals surface area contributed by atoms with Gasteiger partial charge in [-0.3, -0.25) is 9.69 Å². The van der Waals surface area contributed by atoms with Crippen LogP contribution in [-0.4, -0.2) is 56.6 Å². The van der Waals surface area contributed by atoms with Crippen LogP contribution in [0.5, 0.6) is 11.6 Å². The molecule has 2 saturated heterocycles. The number of aromatic nitrogens is 3. The number of aliphatic carboxylic acids is 1. The molecule has 2 atom stereocenters. The SMILES string of the molecule is Cc1cc(Cl)cc(-c2cc(CN3CCC(CC(=O)O)CC3)cc(Oc3cnc(N4CCC5CCCCC54)nc3)n2)c1. The Morgan fingerprint density at radius 1 is 1.00 bits per heavy atom. The maximum atomic E-state index is 11.1. The largest absolute Gasteiger partial charge is 0.481 e. The van der Waals surface area contributed by atoms with Crippen LogP contribution in [0.1, 0.15) is 62.5 Å². The quantitative estimate of drug-likeness (QED) is 0.315. The standard InChI is InChI=1S/C32H38ClN5O3/c1-21-12-25(17-26(33)13-21)28-14-23(20-37-9-6-22(7-10-37)16-31(39)40)15-30(36-28)41-27-18-34-32(35-19-27)38-11-8-24-4-2-3-5-29(24)38/h12-15,17-19,22,24,29H,2-11,16,20H2,1H3,(H,39,40). The number of piperidine rings is 1. The van der Waals surface area contributed by atoms with Gasteiger partial charge in [-0.1, -0.05) is 24.4 Å². The highest BCUT2D eigenvalue weighted by Gasteiger charge is 2.36. The second-order valence-corrected chi connectivity index (χ2v) is 12.4. The third-order valence-corrected chi connectivity index (χ3v) is 9.10. The number of nitrogens with zero attached hydrogens (tertiary/aromatic N) is 5. The summed E-state index contributed by atoms with van der Waals surface area (Å²) in [4.78, 5) is 30.1. The Kier molecular flexibility index (Phi) is 8.40. The number of likely N-dealkylation sites (tertiary alicyclic amines) is 1. The fourth-order valence-electron chi connectivity index (χ4n) is 6.87. The van der Waals surface area contributed by atoms with Gasteiger partial charge in [0.05, 0.1) is 18.1 Å². The van der Waals surface area contributed by atoms with Crippen LogP contribution in [0.4, 0.5) is 5.95 Å². The van der Waals surface area contributed by atoms with Crippen molar-refractivity contribution in [3.8, 4) is 22.9 Å². The van der Waals surface area contributed by atoms with Gasteiger partial charge in [0, 0.05) is 42.2 Å². The van der Waals surface area contributed by atoms with Crippen molar-refractivity contribution in [2.75, 3.05) is 24.5 Å². The predicted molar refractivity (Wildman–Crippen MR) is 159 cm³/mol. The molecule has 9 heteroatoms. The van der Waals surface area contributed by atoms with E-state index in [0.29, 0.717) is 22.7 Å². The van der Waals surface area contributed by atoms with Crippen LogP contribution in [-0.2, 0) is 11.3 Å². The third-order valence-electron chi connectivity index (χ3n) is 8.88. The van der Waals surface area contributed by atoms with Crippen LogP contribution in [0.15, 0.2) is 42.7 Å². The number of aryl methyl sites for hydroxylation is 1. The fraction of sp³-hybridized carbons (Fsp3) is 0.500. The van der Waals surface area contributed by atoms with Crippen molar-refractivity contribution in [3.05, 3.63) is 58.9 Å². The summed E-state index contributed by atoms with van der Waals surface area (Å²) in [5, 5.41) is 9.83. The Balaban J connectivity index is 1.21. The van der Waals surface area contributed by atoms with E-state index in [4.69, 9.17) is 26.4 Å². The van der Waals surface area contributed by atoms with E-state index in [1.165, 1.54) is 32.1 Å². The highest BCUT2D eigenvalue weighted by molar-refractivity contribution is 6.30. The molecule has 216 valence electrons. The summed E-state index contributed by atoms with van der Waals surface area (Å²) < 4.78 is 6.24. The molecule has 3 aromatic rings. The molecule has 2 aromatic heterocycles. The second-order valence-electron chi connectivity index (χ2n) is 11.9. The van der Waals surface area contributed by atoms with Gasteiger partial charge in [0.25, 0.3) is 0 Å². The Labute approximate surface area is 246 Å². The number of fused-ring (bicyclic) bond motifs is 1. The number of rotatable bonds is 8. The maximum absolute atomic E-state index is 11.1. The first kappa shape index (κ1) is 27.9. The van der Waals surface area contributed by atoms with Gasteiger partial charge in [0.1, 0.15) is 0 Å². The first-order valence-electron chi connectivity index (χ1n) is 14.9. The van der Waals surface area contributed by atoms with Crippen molar-refractivity contribution < 1.29 is 14.6 Å². The van der Waals surface area contributed by atoms with Gasteiger partial charge in [-0.25, -0.2) is 15.0 Å². The van der Waals surface area contributed by atoms with Crippen molar-refractivity contribution in [1.82, 2.24) is 19.9 Å². The highest BCUT2D eigenvalue weighted by Crippen LogP contribution is 2.38. The minimum absolute atomic E-state index is 0.248. The Morgan fingerprint density at radius 2 is 1.78 bits per heavy atom. The lowest BCUT2D eigenvalue weighted by Gasteiger charge is -2.31. The molecule has 6 rings (SSSR count). The smallest absolute Gasteiger partial charge is 0.303 e. The lowest BCUT2D eigenvalue weighted by Crippen LogP contribution is -2.35. The molecule has 3 aliphatic rings. The number of carboxylic acid groups (broad SMARTS) is 1. The molecule has 1 aromatic carbocycles. The summed E-state index contributed by atoms with van der Waals surface area (Å²) in [5.74, 6) is 2.14. The van der Waals surface area contributed by atoms with Crippen LogP contribution in [0, 0.1) is 18.8 Å². The van der Waals surface area contributed by atoms with Crippen LogP contribution in [0.25, 0.3) is 11.3 Å². The predicted octanol–water partition coefficient (Wildman–Crippen LogP) is 6.75. The molecule has 0 radical (unpaired) electrons. The average Bonchev–Trinajstić information content (AvgIpc) is 3.38. The van der Waals surface area contributed by atoms with Gasteiger partial charge >= 0.3 is 5.97 Å². The average molecular weight is 576 g/mol. The van der Waals surface area contributed by atoms with E-state index in [0.717, 1.165) is 73.3 Å². The van der Waals surface area contributed by atoms with Crippen molar-refractivity contribution >= 4 is 23.5 Å². The molecule has 0 amide bonds. The van der Waals surface area contributed by atoms with E-state index >= 15 is 0 Å². The molecule has 1 aliphatic carbocycles. The van der Waals surface area contributed by atoms with Gasteiger partial charge in [0.15, 0.2) is 5.75 Å². The zero-order valence-corrected chi connectivity index (χ0v) is 24.4. The number of carboxylic acids is 1. The lowest BCUT2D eigenvalue weighted by atomic mass is 9.85. The summed E-state index contributed by atoms with van der Waals surface area (Å²) >= 11 is 6.40. The molecule has 3 fully saturated rings. The molecule has 0 bridgehead atoms. The Morgan fingerprint density at radius 3 is 2.54 bits per heavy atom. The molecule has 4 heterocycles. The summed E-state index contributed by atoms with van der Waals surface area (Å²) in [6, 6.07) is 10.6. The topological polar surface area (TPSA) is 91.7 Å². The zero-order valence-electron chi connectivity index (χ0n) is 23.6. The molecular formula is C32H38ClN5O3. The van der Waals surface area contributed by atoms with Crippen molar-refractivity contribution in [1.29, 1.82) is 0 Å². The zero-order chi connectivity index (χ0) is 28.3. The van der Waals surface area contributed by atoms with E-state index in [9.17, 15) is 4.79 Å². The summed E-state index contributed by atoms with van der Waals surface area (Å²) in [6.45, 7) is 5.52. The first-order valence-corrected chi connectivity index (χ1v) is 15.3. The first-order chi connectivity index (χ1) is 19.9. The monoisotopic (exact) mass is 575 g/mol. The van der Waals surface area contributed by atoms with E-state index in [2.05, 4.69) is 31.9 Å². The maximum Gasteiger partial charge on any atom is 0.303 e. The summed E-state index contributed by atoms with van der Waals surface area (Å²) in [5.41, 5.74) is 3.87. The molecule has 2 aliphatic heterocycles. The van der Waals surface area contributed by atoms with E-state index < -0.39 is 5.97 Å². The molecule has 41 heavy (non-hydrogen) atoms. The highest BCUT2D eigenvalue weighted by atomic mass is 35.5. The molecular weight excluding hydrogens is 538 g/mol. The summed E-state index contributed by atoms with van der Waals surface area (Å²) in [7, 11) is 0. The number of pyridine rings is 1. The van der Waals surface area contributed by atoms with Gasteiger partial charge in [-0.2, -0.15) is 0 Å². The molecule has 0 spiro atoms. The second kappa shape index (κ2) is 12.3. The number of hydrogen-bond donors (Lipinski definition) is 1. The van der Waals surface area contributed by atoms with Gasteiger partial charge in [0.2, 0.25) is 11.8 Å². The number of hydrogen-bond acceptors (Lipinski definition) is 7. The minimum Gasteiger partial charge on any atom is -0.481 e. The van der Waals surface area contributed by atoms with Crippen LogP contribution in [0.2, 0.25) is 5.02 Å². The van der Waals surface area contributed by atoms with E-state index in [1.807, 2.05) is 25.1 Å². The fourth-order valence-corrected chi connectivity index (χ4v) is 7.16. The summed E-state index contributed by atoms with van der Waals surface area (Å²) in [6.07, 6.45) is 11.9. The molecule has 2 unspecified atom stereocenters. The van der Waals surface area contributed by atoms with Gasteiger partial charge in [-0.15, -0.1) is 0 Å². The van der Waals surface area contributed by atoms with Crippen molar-refractivity contribution in [2.45, 2.75) is 70.9 Å². The van der Waals surface area contributed by atoms with Crippen molar-refractivity contribution in [3.63, 3.8) is 0 Å². The number of carbonyl (C=O) groups is 1. The van der Waals surface area contributed by atoms with Gasteiger partial charge in [-0.05, 0) is 99.3 Å². The number of halogens is 1. The molecule has 8 nitrogen and oxygen atoms in total. The number of anilines is 1. The number of benzene rings is 1. The van der Waals surface area contributed by atoms with Crippen LogP contribution in [0.3, 0.4) is 0 Å². The Hall–Kier alpha value is -3.23. The van der Waals surface area contributed by atoms with E-state index in [-0.39, 0.29) is 12.3 Å². The van der Waals surface area contributed by atoms with E-state index in [1.54, 1.807) is 12.4 Å². The minimum atomic E-state index is -0.712. The number of ether oxygens (including phenoxy) is 1. The molecule has 1 saturated carbocycles. The van der Waals surface area contributed by atoms with Crippen LogP contribution < -0.4 is 9.64 Å². The Bertz CT molecular complexity index is 1360. The van der Waals surface area contributed by atoms with Gasteiger partial charge < -0.3 is 14.7 Å².